The summed E-state index contributed by atoms with van der Waals surface area (Å²) in [6, 6.07) is -4.56. The lowest BCUT2D eigenvalue weighted by atomic mass is 9.98. The number of carbonyl (C=O) groups excluding carboxylic acids is 3. The first kappa shape index (κ1) is 18.1. The Bertz CT molecular complexity index is 791. The van der Waals surface area contributed by atoms with E-state index in [1.807, 2.05) is 0 Å². The number of nitrogens with two attached hydrogens (primary N) is 2. The number of amides is 2. The van der Waals surface area contributed by atoms with Gasteiger partial charge in [0, 0.05) is 5.38 Å². The number of hydrogen-bond donors (Lipinski definition) is 4. The van der Waals surface area contributed by atoms with Crippen molar-refractivity contribution < 1.29 is 32.1 Å². The smallest absolute Gasteiger partial charge is 0.363 e. The van der Waals surface area contributed by atoms with Crippen LogP contribution in [0.4, 0.5) is 5.13 Å². The third-order valence-corrected chi connectivity index (χ3v) is 4.78. The molecule has 132 valence electrons. The second-order valence-corrected chi connectivity index (χ2v) is 6.83. The number of nitrogens with one attached hydrogen (secondary N) is 1. The van der Waals surface area contributed by atoms with E-state index >= 15 is 0 Å². The fourth-order valence-electron chi connectivity index (χ4n) is 2.03. The van der Waals surface area contributed by atoms with E-state index in [1.165, 1.54) is 5.38 Å². The minimum absolute atomic E-state index is 0.0872. The molecule has 1 aromatic heterocycles. The predicted octanol–water partition coefficient (Wildman–Crippen LogP) is -2.60. The average Bonchev–Trinajstić information content (AvgIpc) is 2.93. The standard InChI is InChI=1S/C10H13N5O7S2/c1-22-9(18)6-5(8(17)15(6)24(19,20)21)14-7(16)4(11)3-2-23-10(12)13-3/h2,4-6H,11H2,1H3,(H2,12,13)(H,14,16)(H,19,20,21)/t4?,5-,6-/m1/s1. The van der Waals surface area contributed by atoms with Gasteiger partial charge in [-0.15, -0.1) is 11.3 Å². The van der Waals surface area contributed by atoms with Gasteiger partial charge in [0.1, 0.15) is 12.1 Å². The lowest BCUT2D eigenvalue weighted by Gasteiger charge is -2.42. The van der Waals surface area contributed by atoms with Gasteiger partial charge in [-0.1, -0.05) is 0 Å². The molecule has 0 radical (unpaired) electrons. The van der Waals surface area contributed by atoms with Crippen LogP contribution in [0.15, 0.2) is 5.38 Å². The summed E-state index contributed by atoms with van der Waals surface area (Å²) in [5, 5.41) is 3.75. The molecule has 0 aromatic carbocycles. The fourth-order valence-corrected chi connectivity index (χ4v) is 3.47. The van der Waals surface area contributed by atoms with Crippen LogP contribution in [0.3, 0.4) is 0 Å². The molecular formula is C10H13N5O7S2. The van der Waals surface area contributed by atoms with Crippen molar-refractivity contribution in [3.05, 3.63) is 11.1 Å². The Labute approximate surface area is 139 Å². The Hall–Kier alpha value is -2.29. The molecule has 3 atom stereocenters. The topological polar surface area (TPSA) is 195 Å². The van der Waals surface area contributed by atoms with Gasteiger partial charge in [0.15, 0.2) is 11.2 Å². The highest BCUT2D eigenvalue weighted by molar-refractivity contribution is 7.84. The van der Waals surface area contributed by atoms with Crippen molar-refractivity contribution in [3.63, 3.8) is 0 Å². The summed E-state index contributed by atoms with van der Waals surface area (Å²) in [5.41, 5.74) is 11.2. The Morgan fingerprint density at radius 3 is 2.62 bits per heavy atom. The van der Waals surface area contributed by atoms with Crippen molar-refractivity contribution in [1.82, 2.24) is 14.6 Å². The first-order valence-corrected chi connectivity index (χ1v) is 8.51. The van der Waals surface area contributed by atoms with E-state index in [1.54, 1.807) is 0 Å². The van der Waals surface area contributed by atoms with E-state index in [-0.39, 0.29) is 15.1 Å². The van der Waals surface area contributed by atoms with Crippen LogP contribution in [0, 0.1) is 0 Å². The van der Waals surface area contributed by atoms with Crippen LogP contribution in [-0.2, 0) is 29.4 Å². The van der Waals surface area contributed by atoms with Gasteiger partial charge in [-0.3, -0.25) is 14.1 Å². The molecule has 2 heterocycles. The highest BCUT2D eigenvalue weighted by Gasteiger charge is 2.58. The first-order valence-electron chi connectivity index (χ1n) is 6.23. The summed E-state index contributed by atoms with van der Waals surface area (Å²) < 4.78 is 35.5. The van der Waals surface area contributed by atoms with Crippen molar-refractivity contribution in [2.24, 2.45) is 5.73 Å². The van der Waals surface area contributed by atoms with Gasteiger partial charge in [0.2, 0.25) is 5.91 Å². The molecule has 1 saturated heterocycles. The van der Waals surface area contributed by atoms with Crippen molar-refractivity contribution in [2.45, 2.75) is 18.1 Å². The summed E-state index contributed by atoms with van der Waals surface area (Å²) in [6.07, 6.45) is 0. The maximum absolute atomic E-state index is 12.1. The number of thiazole rings is 1. The SMILES string of the molecule is COC(=O)[C@H]1[C@@H](NC(=O)C(N)c2csc(N)n2)C(=O)N1S(=O)(=O)O. The van der Waals surface area contributed by atoms with E-state index < -0.39 is 46.2 Å². The minimum Gasteiger partial charge on any atom is -0.467 e. The average molecular weight is 379 g/mol. The molecule has 2 rings (SSSR count). The molecule has 1 fully saturated rings. The van der Waals surface area contributed by atoms with Crippen molar-refractivity contribution in [2.75, 3.05) is 12.8 Å². The molecule has 0 spiro atoms. The molecule has 1 aliphatic heterocycles. The molecule has 0 aliphatic carbocycles. The van der Waals surface area contributed by atoms with Gasteiger partial charge in [-0.25, -0.2) is 9.78 Å². The normalized spacial score (nSPS) is 21.8. The zero-order valence-electron chi connectivity index (χ0n) is 12.1. The molecule has 14 heteroatoms. The molecule has 24 heavy (non-hydrogen) atoms. The van der Waals surface area contributed by atoms with E-state index in [2.05, 4.69) is 15.0 Å². The van der Waals surface area contributed by atoms with Crippen LogP contribution in [-0.4, -0.2) is 59.2 Å². The third kappa shape index (κ3) is 3.16. The van der Waals surface area contributed by atoms with Gasteiger partial charge >= 0.3 is 16.3 Å². The van der Waals surface area contributed by atoms with Gasteiger partial charge in [-0.05, 0) is 0 Å². The van der Waals surface area contributed by atoms with Crippen LogP contribution in [0.2, 0.25) is 0 Å². The number of anilines is 1. The number of ether oxygens (including phenoxy) is 1. The zero-order valence-corrected chi connectivity index (χ0v) is 13.7. The number of aromatic nitrogens is 1. The molecular weight excluding hydrogens is 366 g/mol. The maximum Gasteiger partial charge on any atom is 0.363 e. The summed E-state index contributed by atoms with van der Waals surface area (Å²) >= 11 is 1.05. The Morgan fingerprint density at radius 1 is 1.54 bits per heavy atom. The maximum atomic E-state index is 12.1. The highest BCUT2D eigenvalue weighted by Crippen LogP contribution is 2.25. The second kappa shape index (κ2) is 6.31. The minimum atomic E-state index is -4.98. The summed E-state index contributed by atoms with van der Waals surface area (Å²) in [6.45, 7) is 0. The number of nitrogen functional groups attached to an aromatic ring is 1. The second-order valence-electron chi connectivity index (χ2n) is 4.65. The van der Waals surface area contributed by atoms with Crippen LogP contribution in [0.5, 0.6) is 0 Å². The molecule has 6 N–H and O–H groups in total. The monoisotopic (exact) mass is 379 g/mol. The number of esters is 1. The van der Waals surface area contributed by atoms with E-state index in [4.69, 9.17) is 16.0 Å². The highest BCUT2D eigenvalue weighted by atomic mass is 32.2. The predicted molar refractivity (Wildman–Crippen MR) is 79.6 cm³/mol. The number of hydrogen-bond acceptors (Lipinski definition) is 10. The van der Waals surface area contributed by atoms with Crippen molar-refractivity contribution in [3.8, 4) is 0 Å². The molecule has 1 unspecified atom stereocenters. The molecule has 2 amide bonds. The van der Waals surface area contributed by atoms with E-state index in [0.29, 0.717) is 0 Å². The molecule has 1 aliphatic rings. The van der Waals surface area contributed by atoms with Gasteiger partial charge in [0.05, 0.1) is 12.8 Å². The lowest BCUT2D eigenvalue weighted by Crippen LogP contribution is -2.74. The van der Waals surface area contributed by atoms with Crippen LogP contribution in [0.25, 0.3) is 0 Å². The van der Waals surface area contributed by atoms with Crippen LogP contribution in [0.1, 0.15) is 11.7 Å². The number of β-lactam (4-membered cyclic amide) rings is 1. The largest absolute Gasteiger partial charge is 0.467 e. The van der Waals surface area contributed by atoms with E-state index in [0.717, 1.165) is 18.4 Å². The summed E-state index contributed by atoms with van der Waals surface area (Å²) in [5.74, 6) is -3.22. The lowest BCUT2D eigenvalue weighted by molar-refractivity contribution is -0.162. The van der Waals surface area contributed by atoms with Gasteiger partial charge in [-0.2, -0.15) is 12.7 Å². The van der Waals surface area contributed by atoms with Gasteiger partial charge in [0.25, 0.3) is 5.91 Å². The summed E-state index contributed by atoms with van der Waals surface area (Å²) in [7, 11) is -4.03. The Morgan fingerprint density at radius 2 is 2.17 bits per heavy atom. The number of methoxy groups -OCH3 is 1. The molecule has 1 aromatic rings. The molecule has 12 nitrogen and oxygen atoms in total. The number of carbonyl (C=O) groups is 3. The Kier molecular flexibility index (Phi) is 4.75. The molecule has 0 saturated carbocycles. The first-order chi connectivity index (χ1) is 11.1. The quantitative estimate of drug-likeness (QED) is 0.239. The van der Waals surface area contributed by atoms with Gasteiger partial charge < -0.3 is 21.5 Å². The molecule has 0 bridgehead atoms. The van der Waals surface area contributed by atoms with Crippen LogP contribution >= 0.6 is 11.3 Å². The fraction of sp³-hybridized carbons (Fsp3) is 0.400. The van der Waals surface area contributed by atoms with E-state index in [9.17, 15) is 22.8 Å². The zero-order chi connectivity index (χ0) is 18.2. The van der Waals surface area contributed by atoms with Crippen LogP contribution < -0.4 is 16.8 Å². The number of rotatable bonds is 5. The third-order valence-electron chi connectivity index (χ3n) is 3.18. The summed E-state index contributed by atoms with van der Waals surface area (Å²) in [4.78, 5) is 39.3. The number of nitrogens with zero attached hydrogens (tertiary/aromatic N) is 2. The Balaban J connectivity index is 2.17. The van der Waals surface area contributed by atoms with Crippen molar-refractivity contribution in [1.29, 1.82) is 0 Å². The van der Waals surface area contributed by atoms with Crippen molar-refractivity contribution >= 4 is 44.6 Å².